The molecule has 4 N–H and O–H groups in total. The Morgan fingerprint density at radius 3 is 1.41 bits per heavy atom. The Kier molecular flexibility index (Phi) is 20.6. The van der Waals surface area contributed by atoms with Gasteiger partial charge in [0.05, 0.1) is 63.8 Å². The van der Waals surface area contributed by atoms with Crippen LogP contribution in [0.4, 0.5) is 11.4 Å². The Morgan fingerprint density at radius 1 is 0.595 bits per heavy atom. The number of nitro benzene ring substituents is 2. The molecule has 2 unspecified atom stereocenters. The minimum Gasteiger partial charge on any atom is -0.478 e. The van der Waals surface area contributed by atoms with Gasteiger partial charge in [-0.3, -0.25) is 25.1 Å². The fraction of sp³-hybridized carbons (Fsp3) is 0.400. The number of carbonyl (C=O) groups excluding carboxylic acids is 3. The van der Waals surface area contributed by atoms with Gasteiger partial charge in [-0.2, -0.15) is 0 Å². The van der Waals surface area contributed by atoms with Crippen molar-refractivity contribution in [2.45, 2.75) is 103 Å². The van der Waals surface area contributed by atoms with Crippen molar-refractivity contribution < 1.29 is 53.4 Å². The van der Waals surface area contributed by atoms with E-state index in [2.05, 4.69) is 62.9 Å². The first-order chi connectivity index (χ1) is 37.5. The van der Waals surface area contributed by atoms with Gasteiger partial charge in [0.1, 0.15) is 5.60 Å². The maximum absolute atomic E-state index is 13.8. The Balaban J connectivity index is 0.000000213. The Labute approximate surface area is 460 Å². The van der Waals surface area contributed by atoms with E-state index in [1.54, 1.807) is 45.9 Å². The average Bonchev–Trinajstić information content (AvgIpc) is 3.98. The molecular formula is C60H72N6O13. The molecule has 4 aliphatic rings. The van der Waals surface area contributed by atoms with Crippen LogP contribution in [0.3, 0.4) is 0 Å². The summed E-state index contributed by atoms with van der Waals surface area (Å²) >= 11 is 0. The molecule has 0 spiro atoms. The number of β-amino-alcohol motifs (C(OH)–C–C–N with tert-alkyl or cyclic N) is 1. The molecular weight excluding hydrogens is 1010 g/mol. The molecule has 4 atom stereocenters. The van der Waals surface area contributed by atoms with E-state index >= 15 is 0 Å². The highest BCUT2D eigenvalue weighted by Gasteiger charge is 2.43. The number of aryl methyl sites for hydroxylation is 2. The van der Waals surface area contributed by atoms with Gasteiger partial charge in [-0.1, -0.05) is 84.9 Å². The number of nitrogens with one attached hydrogen (secondary N) is 2. The zero-order chi connectivity index (χ0) is 57.6. The zero-order valence-electron chi connectivity index (χ0n) is 46.2. The summed E-state index contributed by atoms with van der Waals surface area (Å²) in [4.78, 5) is 76.7. The molecule has 4 aliphatic heterocycles. The zero-order valence-corrected chi connectivity index (χ0v) is 46.2. The number of carboxylic acid groups (broad SMARTS) is 1. The molecule has 4 aromatic carbocycles. The number of benzene rings is 4. The number of likely N-dealkylation sites (tertiary alicyclic amines) is 2. The summed E-state index contributed by atoms with van der Waals surface area (Å²) in [6, 6.07) is 32.5. The predicted molar refractivity (Wildman–Crippen MR) is 297 cm³/mol. The van der Waals surface area contributed by atoms with Crippen LogP contribution >= 0.6 is 0 Å². The molecule has 0 saturated carbocycles. The number of aliphatic carboxylic acids is 1. The van der Waals surface area contributed by atoms with Crippen LogP contribution in [0.25, 0.3) is 0 Å². The molecule has 2 fully saturated rings. The highest BCUT2D eigenvalue weighted by Crippen LogP contribution is 2.42. The van der Waals surface area contributed by atoms with Crippen molar-refractivity contribution in [3.63, 3.8) is 0 Å². The number of allylic oxidation sites excluding steroid dienone is 4. The van der Waals surface area contributed by atoms with Crippen LogP contribution in [0.1, 0.15) is 101 Å². The smallest absolute Gasteiger partial charge is 0.337 e. The molecule has 420 valence electrons. The van der Waals surface area contributed by atoms with E-state index in [0.29, 0.717) is 46.9 Å². The molecule has 2 saturated heterocycles. The second-order valence-corrected chi connectivity index (χ2v) is 20.8. The highest BCUT2D eigenvalue weighted by molar-refractivity contribution is 6.00. The molecule has 4 aromatic rings. The molecule has 19 heteroatoms. The van der Waals surface area contributed by atoms with Crippen LogP contribution in [0.5, 0.6) is 0 Å². The predicted octanol–water partition coefficient (Wildman–Crippen LogP) is 8.81. The summed E-state index contributed by atoms with van der Waals surface area (Å²) in [6.07, 6.45) is 5.91. The fourth-order valence-electron chi connectivity index (χ4n) is 10.7. The first kappa shape index (κ1) is 60.2. The number of nitrogens with zero attached hydrogens (tertiary/aromatic N) is 4. The van der Waals surface area contributed by atoms with Crippen molar-refractivity contribution >= 4 is 35.3 Å². The number of hydrogen-bond donors (Lipinski definition) is 4. The number of hydrogen-bond acceptors (Lipinski definition) is 16. The van der Waals surface area contributed by atoms with Gasteiger partial charge in [-0.15, -0.1) is 0 Å². The van der Waals surface area contributed by atoms with Crippen LogP contribution in [-0.2, 0) is 46.2 Å². The third-order valence-electron chi connectivity index (χ3n) is 14.6. The number of rotatable bonds is 17. The third kappa shape index (κ3) is 15.8. The monoisotopic (exact) mass is 1080 g/mol. The SMILES string of the molecule is CC1(O)CCN(CCCc2ccccc2)C1.COC(=O)C1=C(C)NC(C)=C(C(=O)O)[C@H]1c1cccc([N+](=O)[O-])c1.COC(=O)C1=C(C)NC(C)=C(C(=O)OC2(C)CCN(CCCc3ccccc3)C2)[C@H]1c1cccc([N+](=O)[O-])c1. The number of non-ortho nitro benzene ring substituents is 2. The number of carboxylic acids is 1. The van der Waals surface area contributed by atoms with Crippen molar-refractivity contribution in [2.24, 2.45) is 0 Å². The van der Waals surface area contributed by atoms with Crippen LogP contribution in [0, 0.1) is 20.2 Å². The van der Waals surface area contributed by atoms with Gasteiger partial charge in [0.15, 0.2) is 0 Å². The lowest BCUT2D eigenvalue weighted by Crippen LogP contribution is -2.39. The quantitative estimate of drug-likeness (QED) is 0.0333. The summed E-state index contributed by atoms with van der Waals surface area (Å²) in [6.45, 7) is 15.8. The van der Waals surface area contributed by atoms with Gasteiger partial charge in [0.2, 0.25) is 0 Å². The summed E-state index contributed by atoms with van der Waals surface area (Å²) in [5, 5.41) is 47.9. The molecule has 4 heterocycles. The van der Waals surface area contributed by atoms with Gasteiger partial charge in [0.25, 0.3) is 11.4 Å². The lowest BCUT2D eigenvalue weighted by molar-refractivity contribution is -0.385. The maximum Gasteiger partial charge on any atom is 0.337 e. The lowest BCUT2D eigenvalue weighted by atomic mass is 9.80. The molecule has 8 rings (SSSR count). The van der Waals surface area contributed by atoms with Crippen LogP contribution in [-0.4, -0.2) is 118 Å². The second kappa shape index (κ2) is 27.0. The van der Waals surface area contributed by atoms with Crippen molar-refractivity contribution in [1.29, 1.82) is 0 Å². The first-order valence-electron chi connectivity index (χ1n) is 26.3. The van der Waals surface area contributed by atoms with E-state index in [0.717, 1.165) is 58.4 Å². The van der Waals surface area contributed by atoms with Crippen molar-refractivity contribution in [2.75, 3.05) is 53.5 Å². The number of methoxy groups -OCH3 is 2. The Hall–Kier alpha value is -8.00. The standard InChI is InChI=1S/C30H35N3O6.C16H16N2O6.C14H21NO/c1-20-25(28(34)38-4)27(23-13-8-14-24(18-23)33(36)37)26(21(2)31-20)29(35)39-30(3)15-17-32(19-30)16-9-12-22-10-6-5-7-11-22;1-8-12(15(19)20)14(13(9(2)17-8)16(21)24-3)10-5-4-6-11(7-10)18(22)23;1-14(16)9-11-15(12-14)10-5-8-13-6-3-2-4-7-13/h5-8,10-11,13-14,18,27,31H,9,12,15-17,19H2,1-4H3;4-7,14,17H,1-3H3,(H,19,20);2-4,6-7,16H,5,8-12H2,1H3/t27-,30?;14-;/m01./s1. The summed E-state index contributed by atoms with van der Waals surface area (Å²) in [5.41, 5.74) is 4.39. The lowest BCUT2D eigenvalue weighted by Gasteiger charge is -2.32. The van der Waals surface area contributed by atoms with Crippen LogP contribution < -0.4 is 10.6 Å². The van der Waals surface area contributed by atoms with E-state index < -0.39 is 56.8 Å². The molecule has 0 aliphatic carbocycles. The van der Waals surface area contributed by atoms with Crippen molar-refractivity contribution in [3.05, 3.63) is 197 Å². The number of aliphatic hydroxyl groups is 1. The average molecular weight is 1090 g/mol. The third-order valence-corrected chi connectivity index (χ3v) is 14.6. The molecule has 19 nitrogen and oxygen atoms in total. The van der Waals surface area contributed by atoms with Crippen LogP contribution in [0.2, 0.25) is 0 Å². The van der Waals surface area contributed by atoms with E-state index in [4.69, 9.17) is 14.2 Å². The Bertz CT molecular complexity index is 3020. The molecule has 0 amide bonds. The molecule has 0 radical (unpaired) electrons. The van der Waals surface area contributed by atoms with Crippen molar-refractivity contribution in [3.8, 4) is 0 Å². The second-order valence-electron chi connectivity index (χ2n) is 20.8. The van der Waals surface area contributed by atoms with E-state index in [-0.39, 0.29) is 33.7 Å². The van der Waals surface area contributed by atoms with Gasteiger partial charge in [-0.05, 0) is 109 Å². The number of nitro groups is 2. The fourth-order valence-corrected chi connectivity index (χ4v) is 10.7. The largest absolute Gasteiger partial charge is 0.478 e. The molecule has 0 bridgehead atoms. The number of ether oxygens (including phenoxy) is 3. The number of esters is 3. The van der Waals surface area contributed by atoms with Crippen molar-refractivity contribution in [1.82, 2.24) is 20.4 Å². The number of dihydropyridines is 2. The Morgan fingerprint density at radius 2 is 1.00 bits per heavy atom. The summed E-state index contributed by atoms with van der Waals surface area (Å²) in [5.74, 6) is -4.92. The van der Waals surface area contributed by atoms with E-state index in [9.17, 15) is 49.6 Å². The van der Waals surface area contributed by atoms with Gasteiger partial charge < -0.3 is 40.0 Å². The van der Waals surface area contributed by atoms with Crippen LogP contribution in [0.15, 0.2) is 154 Å². The minimum absolute atomic E-state index is 0.0542. The first-order valence-corrected chi connectivity index (χ1v) is 26.3. The number of carbonyl (C=O) groups is 4. The van der Waals surface area contributed by atoms with Gasteiger partial charge in [0, 0.05) is 79.7 Å². The topological polar surface area (TPSA) is 253 Å². The minimum atomic E-state index is -1.22. The molecule has 0 aromatic heterocycles. The summed E-state index contributed by atoms with van der Waals surface area (Å²) in [7, 11) is 2.46. The normalized spacial score (nSPS) is 21.2. The van der Waals surface area contributed by atoms with E-state index in [1.807, 2.05) is 32.0 Å². The van der Waals surface area contributed by atoms with E-state index in [1.165, 1.54) is 62.1 Å². The highest BCUT2D eigenvalue weighted by atomic mass is 16.6. The summed E-state index contributed by atoms with van der Waals surface area (Å²) < 4.78 is 15.9. The van der Waals surface area contributed by atoms with Gasteiger partial charge in [-0.25, -0.2) is 19.2 Å². The molecule has 79 heavy (non-hydrogen) atoms. The van der Waals surface area contributed by atoms with Gasteiger partial charge >= 0.3 is 23.9 Å². The maximum atomic E-state index is 13.8.